The fourth-order valence-corrected chi connectivity index (χ4v) is 5.54. The van der Waals surface area contributed by atoms with Gasteiger partial charge in [0.1, 0.15) is 12.4 Å². The smallest absolute Gasteiger partial charge is 0.282 e. The molecule has 0 spiro atoms. The molecule has 0 fully saturated rings. The summed E-state index contributed by atoms with van der Waals surface area (Å²) < 4.78 is 16.8. The minimum absolute atomic E-state index is 0.00552. The first-order chi connectivity index (χ1) is 17.7. The molecule has 0 unspecified atom stereocenters. The number of ether oxygens (including phenoxy) is 2. The van der Waals surface area contributed by atoms with E-state index in [9.17, 15) is 4.79 Å². The second kappa shape index (κ2) is 12.2. The summed E-state index contributed by atoms with van der Waals surface area (Å²) in [6.45, 7) is 6.71. The maximum atomic E-state index is 13.3. The topological polar surface area (TPSA) is 65.7 Å². The van der Waals surface area contributed by atoms with Crippen molar-refractivity contribution in [1.29, 1.82) is 0 Å². The van der Waals surface area contributed by atoms with Crippen LogP contribution in [0.1, 0.15) is 43.6 Å². The zero-order valence-corrected chi connectivity index (χ0v) is 26.6. The van der Waals surface area contributed by atoms with Gasteiger partial charge >= 0.3 is 0 Å². The highest BCUT2D eigenvalue weighted by atomic mass is 79.9. The van der Waals surface area contributed by atoms with Crippen molar-refractivity contribution in [3.05, 3.63) is 93.7 Å². The number of halogens is 4. The summed E-state index contributed by atoms with van der Waals surface area (Å²) in [5, 5.41) is 5.04. The average molecular weight is 757 g/mol. The van der Waals surface area contributed by atoms with E-state index in [1.165, 1.54) is 4.68 Å². The van der Waals surface area contributed by atoms with Crippen molar-refractivity contribution in [3.8, 4) is 11.5 Å². The first-order valence-corrected chi connectivity index (χ1v) is 14.6. The van der Waals surface area contributed by atoms with Gasteiger partial charge < -0.3 is 9.47 Å². The molecule has 10 heteroatoms. The molecule has 0 aliphatic rings. The van der Waals surface area contributed by atoms with E-state index in [0.29, 0.717) is 41.4 Å². The van der Waals surface area contributed by atoms with Crippen LogP contribution in [0.25, 0.3) is 10.9 Å². The lowest BCUT2D eigenvalue weighted by Gasteiger charge is -2.15. The van der Waals surface area contributed by atoms with Gasteiger partial charge in [-0.25, -0.2) is 4.98 Å². The van der Waals surface area contributed by atoms with Crippen molar-refractivity contribution in [1.82, 2.24) is 9.66 Å². The van der Waals surface area contributed by atoms with Gasteiger partial charge in [0, 0.05) is 34.9 Å². The van der Waals surface area contributed by atoms with Crippen LogP contribution >= 0.6 is 63.7 Å². The second-order valence-corrected chi connectivity index (χ2v) is 12.0. The number of rotatable bonds is 8. The van der Waals surface area contributed by atoms with E-state index in [2.05, 4.69) is 68.8 Å². The van der Waals surface area contributed by atoms with Gasteiger partial charge in [0.2, 0.25) is 0 Å². The average Bonchev–Trinajstić information content (AvgIpc) is 2.85. The number of aromatic nitrogens is 2. The third-order valence-electron chi connectivity index (χ3n) is 5.42. The van der Waals surface area contributed by atoms with E-state index >= 15 is 0 Å². The lowest BCUT2D eigenvalue weighted by Crippen LogP contribution is -2.23. The molecule has 0 amide bonds. The van der Waals surface area contributed by atoms with Crippen LogP contribution in [0.5, 0.6) is 11.5 Å². The van der Waals surface area contributed by atoms with Gasteiger partial charge in [-0.1, -0.05) is 67.7 Å². The van der Waals surface area contributed by atoms with E-state index in [1.807, 2.05) is 63.2 Å². The molecule has 6 nitrogen and oxygen atoms in total. The van der Waals surface area contributed by atoms with Crippen molar-refractivity contribution in [2.75, 3.05) is 6.61 Å². The maximum absolute atomic E-state index is 13.3. The van der Waals surface area contributed by atoms with Crippen molar-refractivity contribution in [2.24, 2.45) is 5.10 Å². The molecule has 1 heterocycles. The molecule has 4 aromatic rings. The lowest BCUT2D eigenvalue weighted by atomic mass is 10.2. The van der Waals surface area contributed by atoms with Crippen LogP contribution in [0.4, 0.5) is 0 Å². The Morgan fingerprint density at radius 2 is 1.65 bits per heavy atom. The molecule has 0 radical (unpaired) electrons. The quantitative estimate of drug-likeness (QED) is 0.170. The highest BCUT2D eigenvalue weighted by Gasteiger charge is 2.15. The Morgan fingerprint density at radius 3 is 2.35 bits per heavy atom. The number of hydrogen-bond acceptors (Lipinski definition) is 5. The van der Waals surface area contributed by atoms with Gasteiger partial charge in [0.15, 0.2) is 11.5 Å². The fraction of sp³-hybridized carbons (Fsp3) is 0.222. The third-order valence-corrected chi connectivity index (χ3v) is 7.83. The number of benzene rings is 3. The minimum Gasteiger partial charge on any atom is -0.490 e. The van der Waals surface area contributed by atoms with Gasteiger partial charge in [-0.15, -0.1) is 0 Å². The van der Waals surface area contributed by atoms with Crippen LogP contribution < -0.4 is 15.0 Å². The van der Waals surface area contributed by atoms with E-state index in [0.717, 1.165) is 29.0 Å². The zero-order valence-electron chi connectivity index (χ0n) is 20.3. The van der Waals surface area contributed by atoms with Crippen molar-refractivity contribution < 1.29 is 9.47 Å². The van der Waals surface area contributed by atoms with Crippen LogP contribution in [0, 0.1) is 0 Å². The molecule has 192 valence electrons. The number of fused-ring (bicyclic) bond motifs is 1. The van der Waals surface area contributed by atoms with Crippen LogP contribution in [0.3, 0.4) is 0 Å². The molecule has 1 aromatic heterocycles. The van der Waals surface area contributed by atoms with Gasteiger partial charge in [-0.3, -0.25) is 4.79 Å². The Kier molecular flexibility index (Phi) is 9.26. The molecule has 0 atom stereocenters. The first kappa shape index (κ1) is 28.0. The fourth-order valence-electron chi connectivity index (χ4n) is 3.60. The van der Waals surface area contributed by atoms with Crippen LogP contribution in [0.15, 0.2) is 76.3 Å². The van der Waals surface area contributed by atoms with Crippen LogP contribution in [0.2, 0.25) is 0 Å². The molecule has 0 aliphatic carbocycles. The van der Waals surface area contributed by atoms with Gasteiger partial charge in [0.25, 0.3) is 5.56 Å². The Labute approximate surface area is 248 Å². The van der Waals surface area contributed by atoms with Crippen molar-refractivity contribution in [2.45, 2.75) is 33.3 Å². The molecule has 0 N–H and O–H groups in total. The van der Waals surface area contributed by atoms with E-state index in [-0.39, 0.29) is 11.5 Å². The van der Waals surface area contributed by atoms with E-state index in [4.69, 9.17) is 14.5 Å². The molecule has 37 heavy (non-hydrogen) atoms. The zero-order chi connectivity index (χ0) is 26.7. The summed E-state index contributed by atoms with van der Waals surface area (Å²) in [5.74, 6) is 1.75. The highest BCUT2D eigenvalue weighted by molar-refractivity contribution is 9.11. The minimum atomic E-state index is -0.229. The van der Waals surface area contributed by atoms with E-state index in [1.54, 1.807) is 12.3 Å². The number of hydrogen-bond donors (Lipinski definition) is 0. The largest absolute Gasteiger partial charge is 0.490 e. The number of nitrogens with zero attached hydrogens (tertiary/aromatic N) is 3. The summed E-state index contributed by atoms with van der Waals surface area (Å²) in [5.41, 5.74) is 2.15. The molecule has 0 aliphatic heterocycles. The molecule has 0 saturated heterocycles. The molecular weight excluding hydrogens is 734 g/mol. The SMILES string of the molecule is CCOc1cc(C=Nn2c(C(C)C)nc3ccc(Br)cc3c2=O)c(Br)cc1OCc1ccc(Br)cc1Br. The second-order valence-electron chi connectivity index (χ2n) is 8.43. The Balaban J connectivity index is 1.70. The first-order valence-electron chi connectivity index (χ1n) is 11.5. The van der Waals surface area contributed by atoms with Crippen molar-refractivity contribution >= 4 is 80.8 Å². The monoisotopic (exact) mass is 753 g/mol. The standard InChI is InChI=1S/C27H23Br4N3O3/c1-4-36-24-9-17(22(31)12-25(24)37-14-16-5-6-19(29)11-21(16)30)13-32-34-26(15(2)3)33-23-8-7-18(28)10-20(23)27(34)35/h5-13,15H,4,14H2,1-3H3. The Hall–Kier alpha value is -2.01. The highest BCUT2D eigenvalue weighted by Crippen LogP contribution is 2.34. The summed E-state index contributed by atoms with van der Waals surface area (Å²) in [7, 11) is 0. The normalized spacial score (nSPS) is 11.6. The third kappa shape index (κ3) is 6.53. The van der Waals surface area contributed by atoms with Crippen LogP contribution in [-0.4, -0.2) is 22.5 Å². The summed E-state index contributed by atoms with van der Waals surface area (Å²) >= 11 is 14.1. The molecule has 0 saturated carbocycles. The van der Waals surface area contributed by atoms with Crippen LogP contribution in [-0.2, 0) is 6.61 Å². The molecule has 4 rings (SSSR count). The van der Waals surface area contributed by atoms with Crippen molar-refractivity contribution in [3.63, 3.8) is 0 Å². The Morgan fingerprint density at radius 1 is 0.946 bits per heavy atom. The van der Waals surface area contributed by atoms with Gasteiger partial charge in [-0.05, 0) is 65.3 Å². The van der Waals surface area contributed by atoms with E-state index < -0.39 is 0 Å². The predicted molar refractivity (Wildman–Crippen MR) is 162 cm³/mol. The summed E-state index contributed by atoms with van der Waals surface area (Å²) in [6.07, 6.45) is 1.63. The summed E-state index contributed by atoms with van der Waals surface area (Å²) in [4.78, 5) is 18.0. The Bertz CT molecular complexity index is 1550. The molecule has 3 aromatic carbocycles. The van der Waals surface area contributed by atoms with Gasteiger partial charge in [0.05, 0.1) is 23.7 Å². The maximum Gasteiger partial charge on any atom is 0.282 e. The summed E-state index contributed by atoms with van der Waals surface area (Å²) in [6, 6.07) is 15.1. The molecular formula is C27H23Br4N3O3. The predicted octanol–water partition coefficient (Wildman–Crippen LogP) is 8.43. The van der Waals surface area contributed by atoms with Gasteiger partial charge in [-0.2, -0.15) is 9.78 Å². The lowest BCUT2D eigenvalue weighted by molar-refractivity contribution is 0.268. The molecule has 0 bridgehead atoms.